The van der Waals surface area contributed by atoms with Crippen molar-refractivity contribution in [1.82, 2.24) is 31.1 Å². The zero-order valence-corrected chi connectivity index (χ0v) is 47.1. The first-order valence-electron chi connectivity index (χ1n) is 27.1. The second-order valence-corrected chi connectivity index (χ2v) is 25.2. The van der Waals surface area contributed by atoms with E-state index in [0.717, 1.165) is 38.8 Å². The number of carbonyl (C=O) groups is 6. The highest BCUT2D eigenvalue weighted by Crippen LogP contribution is 2.48. The van der Waals surface area contributed by atoms with Crippen molar-refractivity contribution < 1.29 is 38.2 Å². The number of nitrogens with zero attached hydrogens (tertiary/aromatic N) is 2. The summed E-state index contributed by atoms with van der Waals surface area (Å²) in [6, 6.07) is 28.5. The molecule has 4 saturated heterocycles. The maximum atomic E-state index is 14.5. The first-order chi connectivity index (χ1) is 36.4. The number of ketones is 1. The number of benzene rings is 4. The average Bonchev–Trinajstić information content (AvgIpc) is 3.76. The van der Waals surface area contributed by atoms with E-state index in [-0.39, 0.29) is 77.7 Å². The molecular weight excluding hydrogens is 997 g/mol. The van der Waals surface area contributed by atoms with Crippen molar-refractivity contribution in [3.8, 4) is 0 Å². The van der Waals surface area contributed by atoms with Gasteiger partial charge in [-0.05, 0) is 114 Å². The summed E-state index contributed by atoms with van der Waals surface area (Å²) in [5.41, 5.74) is 2.74. The van der Waals surface area contributed by atoms with Crippen LogP contribution in [-0.2, 0) is 51.5 Å². The predicted octanol–water partition coefficient (Wildman–Crippen LogP) is 8.48. The Morgan fingerprint density at radius 1 is 0.671 bits per heavy atom. The van der Waals surface area contributed by atoms with Crippen LogP contribution >= 0.6 is 23.5 Å². The van der Waals surface area contributed by atoms with Gasteiger partial charge in [0.05, 0.1) is 55.3 Å². The van der Waals surface area contributed by atoms with Crippen molar-refractivity contribution >= 4 is 69.6 Å². The third-order valence-corrected chi connectivity index (χ3v) is 18.6. The van der Waals surface area contributed by atoms with Crippen molar-refractivity contribution in [2.45, 2.75) is 147 Å². The minimum Gasteiger partial charge on any atom is -0.374 e. The molecule has 4 fully saturated rings. The largest absolute Gasteiger partial charge is 0.374 e. The number of ether oxygens (including phenoxy) is 2. The Hall–Kier alpha value is -5.26. The molecule has 4 aromatic rings. The fourth-order valence-electron chi connectivity index (χ4n) is 11.3. The van der Waals surface area contributed by atoms with Crippen LogP contribution in [0.2, 0.25) is 0 Å². The van der Waals surface area contributed by atoms with Crippen LogP contribution in [0.5, 0.6) is 0 Å². The van der Waals surface area contributed by atoms with Gasteiger partial charge in [0, 0.05) is 18.3 Å². The standard InChI is InChI=1S/C60H78N6O8S2/c1-9-37(2)54(68)62-46-25-27-76-51-32-60(6,7)53(66(51)58(46)72)56(70)64-48(42-18-14-11-15-19-42)36-74-34-40-21-23-43-28-39(20-22-44(43)29-40)33-73-35-47(41-16-12-10-13-17-41)63-55(69)52-59(4,5)31-50-65(52)57(71)45(24-26-75-50)30-49(67)38(3)61-8/h10-23,28-29,37-38,45-48,50-53,61H,9,24-27,30-36H2,1-8H3,(H,62,68)(H,63,69)(H,64,70)/t37-,38+,45-,46+,47-,48-,50+,51+,52-,53-/m1/s1. The molecule has 0 aromatic heterocycles. The maximum Gasteiger partial charge on any atom is 0.246 e. The number of Topliss-reactive ketones (excluding diaryl/α,β-unsaturated/α-hetero) is 1. The average molecular weight is 1080 g/mol. The molecule has 10 atom stereocenters. The number of likely N-dealkylation sites (N-methyl/N-ethyl adjacent to an activating group) is 1. The van der Waals surface area contributed by atoms with Crippen LogP contribution in [0.15, 0.2) is 97.1 Å². The molecule has 0 aliphatic carbocycles. The van der Waals surface area contributed by atoms with Gasteiger partial charge in [0.1, 0.15) is 23.9 Å². The van der Waals surface area contributed by atoms with Gasteiger partial charge in [-0.3, -0.25) is 28.8 Å². The van der Waals surface area contributed by atoms with E-state index in [1.807, 2.05) is 107 Å². The molecule has 0 radical (unpaired) electrons. The molecule has 4 heterocycles. The highest BCUT2D eigenvalue weighted by atomic mass is 32.2. The Labute approximate surface area is 457 Å². The number of carbonyl (C=O) groups excluding carboxylic acids is 6. The fourth-order valence-corrected chi connectivity index (χ4v) is 14.5. The van der Waals surface area contributed by atoms with Gasteiger partial charge in [0.2, 0.25) is 29.5 Å². The summed E-state index contributed by atoms with van der Waals surface area (Å²) in [6.45, 7) is 14.8. The van der Waals surface area contributed by atoms with Gasteiger partial charge in [-0.15, -0.1) is 23.5 Å². The van der Waals surface area contributed by atoms with Crippen molar-refractivity contribution in [3.05, 3.63) is 119 Å². The van der Waals surface area contributed by atoms with E-state index in [9.17, 15) is 28.8 Å². The fraction of sp³-hybridized carbons (Fsp3) is 0.533. The Bertz CT molecular complexity index is 2530. The summed E-state index contributed by atoms with van der Waals surface area (Å²) >= 11 is 3.39. The first-order valence-corrected chi connectivity index (χ1v) is 29.2. The number of hydrogen-bond donors (Lipinski definition) is 4. The monoisotopic (exact) mass is 1070 g/mol. The van der Waals surface area contributed by atoms with Gasteiger partial charge in [-0.2, -0.15) is 0 Å². The molecule has 14 nitrogen and oxygen atoms in total. The molecule has 4 aromatic carbocycles. The van der Waals surface area contributed by atoms with E-state index in [2.05, 4.69) is 59.4 Å². The van der Waals surface area contributed by atoms with E-state index in [1.165, 1.54) is 0 Å². The summed E-state index contributed by atoms with van der Waals surface area (Å²) in [5.74, 6) is -0.148. The molecule has 4 aliphatic heterocycles. The summed E-state index contributed by atoms with van der Waals surface area (Å²) in [6.07, 6.45) is 3.29. The summed E-state index contributed by atoms with van der Waals surface area (Å²) in [5, 5.41) is 14.3. The van der Waals surface area contributed by atoms with Gasteiger partial charge in [-0.1, -0.05) is 126 Å². The quantitative estimate of drug-likeness (QED) is 0.0630. The zero-order valence-electron chi connectivity index (χ0n) is 45.5. The van der Waals surface area contributed by atoms with E-state index < -0.39 is 47.0 Å². The third-order valence-electron chi connectivity index (χ3n) is 16.1. The lowest BCUT2D eigenvalue weighted by atomic mass is 9.83. The minimum atomic E-state index is -0.729. The molecule has 0 bridgehead atoms. The molecule has 4 aliphatic rings. The molecule has 16 heteroatoms. The van der Waals surface area contributed by atoms with Crippen LogP contribution < -0.4 is 21.3 Å². The van der Waals surface area contributed by atoms with E-state index in [0.29, 0.717) is 51.1 Å². The maximum absolute atomic E-state index is 14.5. The zero-order chi connectivity index (χ0) is 54.3. The van der Waals surface area contributed by atoms with E-state index in [4.69, 9.17) is 9.47 Å². The number of fused-ring (bicyclic) bond motifs is 3. The Morgan fingerprint density at radius 3 is 1.62 bits per heavy atom. The Kier molecular flexibility index (Phi) is 18.7. The van der Waals surface area contributed by atoms with Crippen LogP contribution in [0.3, 0.4) is 0 Å². The van der Waals surface area contributed by atoms with Crippen LogP contribution in [0.25, 0.3) is 10.8 Å². The highest BCUT2D eigenvalue weighted by Gasteiger charge is 2.56. The number of amides is 5. The van der Waals surface area contributed by atoms with Gasteiger partial charge in [-0.25, -0.2) is 0 Å². The number of rotatable bonds is 21. The highest BCUT2D eigenvalue weighted by molar-refractivity contribution is 8.00. The predicted molar refractivity (Wildman–Crippen MR) is 301 cm³/mol. The van der Waals surface area contributed by atoms with Crippen LogP contribution in [0, 0.1) is 22.7 Å². The molecule has 0 unspecified atom stereocenters. The molecule has 4 N–H and O–H groups in total. The molecule has 408 valence electrons. The lowest BCUT2D eigenvalue weighted by Gasteiger charge is -2.35. The lowest BCUT2D eigenvalue weighted by Crippen LogP contribution is -2.57. The van der Waals surface area contributed by atoms with Crippen LogP contribution in [0.1, 0.15) is 121 Å². The van der Waals surface area contributed by atoms with E-state index in [1.54, 1.807) is 40.4 Å². The minimum absolute atomic E-state index is 0.00278. The second-order valence-electron chi connectivity index (χ2n) is 22.6. The van der Waals surface area contributed by atoms with Gasteiger partial charge in [0.15, 0.2) is 0 Å². The number of hydrogen-bond acceptors (Lipinski definition) is 11. The SMILES string of the molecule is CC[C@@H](C)C(=O)N[C@H]1CCS[C@H]2CC(C)(C)[C@@H](C(=O)N[C@H](COCc3ccc4cc(COC[C@@H](NC(=O)[C@H]5N6C(=O)[C@@H](CC(=O)[C@H](C)NC)CCS[C@H]6CC5(C)C)c5ccccc5)ccc4c3)c3ccccc3)N2C1=O. The van der Waals surface area contributed by atoms with Crippen molar-refractivity contribution in [3.63, 3.8) is 0 Å². The summed E-state index contributed by atoms with van der Waals surface area (Å²) in [4.78, 5) is 87.0. The van der Waals surface area contributed by atoms with Crippen molar-refractivity contribution in [1.29, 1.82) is 0 Å². The van der Waals surface area contributed by atoms with Gasteiger partial charge >= 0.3 is 0 Å². The van der Waals surface area contributed by atoms with Crippen molar-refractivity contribution in [2.24, 2.45) is 22.7 Å². The molecular formula is C60H78N6O8S2. The smallest absolute Gasteiger partial charge is 0.246 e. The Morgan fingerprint density at radius 2 is 1.14 bits per heavy atom. The molecule has 76 heavy (non-hydrogen) atoms. The lowest BCUT2D eigenvalue weighted by molar-refractivity contribution is -0.145. The van der Waals surface area contributed by atoms with Crippen molar-refractivity contribution in [2.75, 3.05) is 31.8 Å². The summed E-state index contributed by atoms with van der Waals surface area (Å²) < 4.78 is 12.8. The van der Waals surface area contributed by atoms with Crippen LogP contribution in [0.4, 0.5) is 0 Å². The van der Waals surface area contributed by atoms with E-state index >= 15 is 0 Å². The second kappa shape index (κ2) is 25.0. The topological polar surface area (TPSA) is 175 Å². The normalized spacial score (nSPS) is 24.6. The Balaban J connectivity index is 0.892. The molecule has 8 rings (SSSR count). The first kappa shape index (κ1) is 56.9. The van der Waals surface area contributed by atoms with Gasteiger partial charge < -0.3 is 40.5 Å². The number of thioether (sulfide) groups is 2. The third kappa shape index (κ3) is 13.2. The molecule has 0 saturated carbocycles. The van der Waals surface area contributed by atoms with Gasteiger partial charge in [0.25, 0.3) is 0 Å². The van der Waals surface area contributed by atoms with Crippen LogP contribution in [-0.4, -0.2) is 112 Å². The molecule has 5 amide bonds. The number of nitrogens with one attached hydrogen (secondary N) is 4. The molecule has 0 spiro atoms. The summed E-state index contributed by atoms with van der Waals surface area (Å²) in [7, 11) is 1.74.